The fraction of sp³-hybridized carbons (Fsp3) is 0.800. The molecule has 0 bridgehead atoms. The van der Waals surface area contributed by atoms with Crippen LogP contribution in [0.1, 0.15) is 6.92 Å². The normalized spacial score (nSPS) is 35.3. The van der Waals surface area contributed by atoms with Gasteiger partial charge in [-0.1, -0.05) is 6.92 Å². The molecule has 9 nitrogen and oxygen atoms in total. The Hall–Kier alpha value is -1.26. The molecule has 0 aromatic rings. The van der Waals surface area contributed by atoms with Crippen LogP contribution >= 0.6 is 0 Å². The average molecular weight is 280 g/mol. The number of carboxylic acid groups (broad SMARTS) is 2. The van der Waals surface area contributed by atoms with Crippen LogP contribution in [0.5, 0.6) is 0 Å². The van der Waals surface area contributed by atoms with Gasteiger partial charge in [0.2, 0.25) is 0 Å². The number of aliphatic carboxylic acids is 2. The van der Waals surface area contributed by atoms with Gasteiger partial charge in [0.25, 0.3) is 6.10 Å². The Morgan fingerprint density at radius 2 is 1.68 bits per heavy atom. The molecule has 5 N–H and O–H groups in total. The summed E-state index contributed by atoms with van der Waals surface area (Å²) in [7, 11) is 0. The largest absolute Gasteiger partial charge is 0.479 e. The molecule has 1 aliphatic rings. The first-order valence-electron chi connectivity index (χ1n) is 5.52. The van der Waals surface area contributed by atoms with Crippen molar-refractivity contribution in [2.24, 2.45) is 5.92 Å². The second-order valence-corrected chi connectivity index (χ2v) is 4.30. The molecule has 2 unspecified atom stereocenters. The van der Waals surface area contributed by atoms with E-state index < -0.39 is 55.2 Å². The van der Waals surface area contributed by atoms with E-state index in [1.54, 1.807) is 0 Å². The van der Waals surface area contributed by atoms with Crippen LogP contribution in [0.4, 0.5) is 0 Å². The van der Waals surface area contributed by atoms with Gasteiger partial charge in [-0.2, -0.15) is 0 Å². The van der Waals surface area contributed by atoms with Crippen LogP contribution < -0.4 is 0 Å². The number of ether oxygens (including phenoxy) is 2. The maximum absolute atomic E-state index is 10.6. The number of hydrogen-bond acceptors (Lipinski definition) is 7. The van der Waals surface area contributed by atoms with E-state index in [4.69, 9.17) is 14.9 Å². The van der Waals surface area contributed by atoms with Gasteiger partial charge in [-0.15, -0.1) is 0 Å². The van der Waals surface area contributed by atoms with Crippen LogP contribution in [0, 0.1) is 5.92 Å². The van der Waals surface area contributed by atoms with Crippen LogP contribution in [0.15, 0.2) is 0 Å². The predicted molar refractivity (Wildman–Crippen MR) is 57.1 cm³/mol. The monoisotopic (exact) mass is 280 g/mol. The number of carbonyl (C=O) groups is 2. The molecule has 0 saturated carbocycles. The lowest BCUT2D eigenvalue weighted by atomic mass is 9.91. The molecule has 1 heterocycles. The molecule has 110 valence electrons. The number of hydrogen-bond donors (Lipinski definition) is 5. The molecule has 0 aromatic heterocycles. The first kappa shape index (κ1) is 15.8. The molecule has 5 atom stereocenters. The number of carboxylic acids is 2. The zero-order chi connectivity index (χ0) is 14.7. The highest BCUT2D eigenvalue weighted by molar-refractivity contribution is 5.95. The van der Waals surface area contributed by atoms with Crippen LogP contribution in [-0.4, -0.2) is 74.8 Å². The van der Waals surface area contributed by atoms with Crippen LogP contribution in [-0.2, 0) is 19.1 Å². The second-order valence-electron chi connectivity index (χ2n) is 4.30. The van der Waals surface area contributed by atoms with Gasteiger partial charge in [0, 0.05) is 5.92 Å². The van der Waals surface area contributed by atoms with Crippen LogP contribution in [0.25, 0.3) is 0 Å². The number of aliphatic hydroxyl groups is 3. The van der Waals surface area contributed by atoms with Gasteiger partial charge in [-0.3, -0.25) is 0 Å². The van der Waals surface area contributed by atoms with Gasteiger partial charge in [-0.05, 0) is 0 Å². The molecule has 1 rings (SSSR count). The Bertz CT molecular complexity index is 330. The predicted octanol–water partition coefficient (Wildman–Crippen LogP) is -2.38. The van der Waals surface area contributed by atoms with Crippen molar-refractivity contribution in [2.75, 3.05) is 6.61 Å². The zero-order valence-corrected chi connectivity index (χ0v) is 10.0. The molecular formula is C10H16O9. The average Bonchev–Trinajstić information content (AvgIpc) is 2.32. The first-order valence-corrected chi connectivity index (χ1v) is 5.52. The van der Waals surface area contributed by atoms with Crippen molar-refractivity contribution in [1.82, 2.24) is 0 Å². The Morgan fingerprint density at radius 1 is 1.16 bits per heavy atom. The third-order valence-corrected chi connectivity index (χ3v) is 2.96. The Kier molecular flexibility index (Phi) is 5.20. The highest BCUT2D eigenvalue weighted by atomic mass is 16.6. The first-order chi connectivity index (χ1) is 8.75. The van der Waals surface area contributed by atoms with E-state index in [1.807, 2.05) is 0 Å². The lowest BCUT2D eigenvalue weighted by molar-refractivity contribution is -0.274. The molecule has 0 aliphatic carbocycles. The molecule has 19 heavy (non-hydrogen) atoms. The fourth-order valence-electron chi connectivity index (χ4n) is 1.71. The molecule has 0 aromatic carbocycles. The Morgan fingerprint density at radius 3 is 2.16 bits per heavy atom. The van der Waals surface area contributed by atoms with Gasteiger partial charge in [0.15, 0.2) is 6.29 Å². The summed E-state index contributed by atoms with van der Waals surface area (Å²) in [5.41, 5.74) is 0. The van der Waals surface area contributed by atoms with Crippen molar-refractivity contribution >= 4 is 11.9 Å². The van der Waals surface area contributed by atoms with E-state index in [9.17, 15) is 24.9 Å². The van der Waals surface area contributed by atoms with Gasteiger partial charge in [0.05, 0.1) is 18.8 Å². The SMILES string of the molecule is C[C@@H]1C(COC(C(=O)O)C(=O)O)O[C@@H](O)C(O)[C@H]1O. The molecular weight excluding hydrogens is 264 g/mol. The van der Waals surface area contributed by atoms with Gasteiger partial charge in [-0.25, -0.2) is 9.59 Å². The van der Waals surface area contributed by atoms with Crippen molar-refractivity contribution in [2.45, 2.75) is 37.6 Å². The van der Waals surface area contributed by atoms with E-state index in [-0.39, 0.29) is 0 Å². The summed E-state index contributed by atoms with van der Waals surface area (Å²) in [5.74, 6) is -4.00. The quantitative estimate of drug-likeness (QED) is 0.347. The van der Waals surface area contributed by atoms with Crippen molar-refractivity contribution in [3.05, 3.63) is 0 Å². The van der Waals surface area contributed by atoms with E-state index in [2.05, 4.69) is 4.74 Å². The number of aliphatic hydroxyl groups excluding tert-OH is 3. The highest BCUT2D eigenvalue weighted by Gasteiger charge is 2.42. The highest BCUT2D eigenvalue weighted by Crippen LogP contribution is 2.25. The fourth-order valence-corrected chi connectivity index (χ4v) is 1.71. The summed E-state index contributed by atoms with van der Waals surface area (Å²) in [6.45, 7) is 1.04. The molecule has 0 radical (unpaired) electrons. The second kappa shape index (κ2) is 6.26. The van der Waals surface area contributed by atoms with Crippen LogP contribution in [0.3, 0.4) is 0 Å². The summed E-state index contributed by atoms with van der Waals surface area (Å²) in [4.78, 5) is 21.2. The minimum Gasteiger partial charge on any atom is -0.479 e. The Labute approximate surface area is 108 Å². The molecule has 1 saturated heterocycles. The summed E-state index contributed by atoms with van der Waals surface area (Å²) < 4.78 is 9.60. The third-order valence-electron chi connectivity index (χ3n) is 2.96. The minimum absolute atomic E-state index is 0.453. The third kappa shape index (κ3) is 3.61. The standard InChI is InChI=1S/C10H16O9/c1-3-4(19-10(17)6(12)5(3)11)2-18-7(8(13)14)9(15)16/h3-7,10-12,17H,2H2,1H3,(H,13,14)(H,15,16)/t3-,4?,5+,6?,10-/m1/s1. The summed E-state index contributed by atoms with van der Waals surface area (Å²) in [5, 5.41) is 45.4. The summed E-state index contributed by atoms with van der Waals surface area (Å²) in [6.07, 6.45) is -7.41. The van der Waals surface area contributed by atoms with Gasteiger partial charge in [0.1, 0.15) is 6.10 Å². The lowest BCUT2D eigenvalue weighted by Gasteiger charge is -2.39. The summed E-state index contributed by atoms with van der Waals surface area (Å²) >= 11 is 0. The van der Waals surface area contributed by atoms with Crippen molar-refractivity contribution in [3.63, 3.8) is 0 Å². The van der Waals surface area contributed by atoms with Crippen molar-refractivity contribution in [3.8, 4) is 0 Å². The molecule has 1 aliphatic heterocycles. The maximum Gasteiger partial charge on any atom is 0.344 e. The smallest absolute Gasteiger partial charge is 0.344 e. The molecule has 9 heteroatoms. The lowest BCUT2D eigenvalue weighted by Crippen LogP contribution is -2.55. The van der Waals surface area contributed by atoms with E-state index in [1.165, 1.54) is 6.92 Å². The zero-order valence-electron chi connectivity index (χ0n) is 10.0. The molecule has 1 fully saturated rings. The van der Waals surface area contributed by atoms with E-state index in [0.717, 1.165) is 0 Å². The van der Waals surface area contributed by atoms with E-state index >= 15 is 0 Å². The molecule has 0 spiro atoms. The maximum atomic E-state index is 10.6. The van der Waals surface area contributed by atoms with Crippen molar-refractivity contribution in [1.29, 1.82) is 0 Å². The van der Waals surface area contributed by atoms with Crippen LogP contribution in [0.2, 0.25) is 0 Å². The Balaban J connectivity index is 2.61. The van der Waals surface area contributed by atoms with Gasteiger partial charge < -0.3 is 35.0 Å². The summed E-state index contributed by atoms with van der Waals surface area (Å²) in [6, 6.07) is 0. The number of rotatable bonds is 5. The van der Waals surface area contributed by atoms with Crippen molar-refractivity contribution < 1.29 is 44.6 Å². The van der Waals surface area contributed by atoms with Gasteiger partial charge >= 0.3 is 11.9 Å². The van der Waals surface area contributed by atoms with E-state index in [0.29, 0.717) is 0 Å². The topological polar surface area (TPSA) is 154 Å². The molecule has 0 amide bonds. The minimum atomic E-state index is -2.06.